The van der Waals surface area contributed by atoms with Gasteiger partial charge in [-0.1, -0.05) is 27.7 Å². The lowest BCUT2D eigenvalue weighted by molar-refractivity contribution is -0.124. The number of carbonyl (C=O) groups excluding carboxylic acids is 2. The number of nitrogens with one attached hydrogen (secondary N) is 1. The summed E-state index contributed by atoms with van der Waals surface area (Å²) in [5.41, 5.74) is 0.876. The van der Waals surface area contributed by atoms with Crippen molar-refractivity contribution in [3.8, 4) is 0 Å². The quantitative estimate of drug-likeness (QED) is 0.730. The topological polar surface area (TPSA) is 74.8 Å². The van der Waals surface area contributed by atoms with Crippen LogP contribution < -0.4 is 5.32 Å². The first-order chi connectivity index (χ1) is 12.8. The van der Waals surface area contributed by atoms with E-state index in [0.29, 0.717) is 32.2 Å². The number of thiazole rings is 1. The van der Waals surface area contributed by atoms with Gasteiger partial charge in [0.05, 0.1) is 30.5 Å². The summed E-state index contributed by atoms with van der Waals surface area (Å²) in [4.78, 5) is 33.6. The summed E-state index contributed by atoms with van der Waals surface area (Å²) in [7, 11) is 1.73. The number of aromatic nitrogens is 1. The molecule has 0 spiro atoms. The Balaban J connectivity index is 1.96. The van der Waals surface area contributed by atoms with Gasteiger partial charge in [-0.25, -0.2) is 9.78 Å². The zero-order valence-corrected chi connectivity index (χ0v) is 17.8. The third-order valence-corrected chi connectivity index (χ3v) is 5.76. The van der Waals surface area contributed by atoms with Gasteiger partial charge < -0.3 is 15.0 Å². The Kier molecular flexibility index (Phi) is 8.19. The van der Waals surface area contributed by atoms with Crippen LogP contribution in [0.4, 0.5) is 4.79 Å². The van der Waals surface area contributed by atoms with E-state index in [0.717, 1.165) is 23.8 Å². The maximum absolute atomic E-state index is 12.7. The fraction of sp³-hybridized carbons (Fsp3) is 0.737. The van der Waals surface area contributed by atoms with Gasteiger partial charge >= 0.3 is 6.03 Å². The number of hydrogen-bond acceptors (Lipinski definition) is 6. The van der Waals surface area contributed by atoms with E-state index >= 15 is 0 Å². The molecule has 0 saturated carbocycles. The minimum absolute atomic E-state index is 0.0546. The van der Waals surface area contributed by atoms with Crippen LogP contribution in [-0.4, -0.2) is 72.5 Å². The van der Waals surface area contributed by atoms with Crippen molar-refractivity contribution in [2.75, 3.05) is 39.9 Å². The summed E-state index contributed by atoms with van der Waals surface area (Å²) in [6.07, 6.45) is 0. The molecule has 2 rings (SSSR count). The monoisotopic (exact) mass is 396 g/mol. The Morgan fingerprint density at radius 2 is 1.96 bits per heavy atom. The van der Waals surface area contributed by atoms with Crippen LogP contribution in [0.3, 0.4) is 0 Å². The molecule has 0 aliphatic carbocycles. The lowest BCUT2D eigenvalue weighted by Gasteiger charge is -2.31. The van der Waals surface area contributed by atoms with E-state index in [1.54, 1.807) is 23.3 Å². The predicted molar refractivity (Wildman–Crippen MR) is 107 cm³/mol. The highest BCUT2D eigenvalue weighted by Crippen LogP contribution is 2.19. The number of Topliss-reactive ketones (excluding diaryl/α,β-unsaturated/α-hetero) is 1. The fourth-order valence-corrected chi connectivity index (χ4v) is 3.71. The molecule has 1 atom stereocenters. The summed E-state index contributed by atoms with van der Waals surface area (Å²) in [5.74, 6) is 0.303. The molecule has 7 nitrogen and oxygen atoms in total. The van der Waals surface area contributed by atoms with Crippen LogP contribution in [0.15, 0.2) is 5.38 Å². The molecule has 0 bridgehead atoms. The van der Waals surface area contributed by atoms with Crippen LogP contribution in [0.2, 0.25) is 0 Å². The van der Waals surface area contributed by atoms with Gasteiger partial charge in [-0.15, -0.1) is 11.3 Å². The number of ether oxygens (including phenoxy) is 1. The number of ketones is 1. The molecule has 1 N–H and O–H groups in total. The van der Waals surface area contributed by atoms with Crippen LogP contribution in [0.1, 0.15) is 44.3 Å². The molecular formula is C19H32N4O3S. The Morgan fingerprint density at radius 3 is 2.52 bits per heavy atom. The van der Waals surface area contributed by atoms with E-state index in [-0.39, 0.29) is 17.7 Å². The van der Waals surface area contributed by atoms with Gasteiger partial charge in [-0.05, 0) is 0 Å². The molecule has 2 heterocycles. The van der Waals surface area contributed by atoms with E-state index in [1.165, 1.54) is 0 Å². The van der Waals surface area contributed by atoms with Crippen LogP contribution in [-0.2, 0) is 16.1 Å². The molecule has 1 fully saturated rings. The third kappa shape index (κ3) is 6.55. The number of nitrogens with zero attached hydrogens (tertiary/aromatic N) is 3. The van der Waals surface area contributed by atoms with Crippen LogP contribution in [0, 0.1) is 5.92 Å². The van der Waals surface area contributed by atoms with Crippen LogP contribution in [0.25, 0.3) is 0 Å². The van der Waals surface area contributed by atoms with Gasteiger partial charge in [0.15, 0.2) is 5.78 Å². The zero-order chi connectivity index (χ0) is 20.0. The maximum Gasteiger partial charge on any atom is 0.318 e. The smallest absolute Gasteiger partial charge is 0.318 e. The standard InChI is InChI=1S/C19H32N4O3S/c1-13(2)17(24)16(11-23-6-8-26-9-7-23)21-19(25)22(5)10-15-12-27-18(20-15)14(3)4/h12-14,16H,6-11H2,1-5H3,(H,21,25). The average Bonchev–Trinajstić information content (AvgIpc) is 3.10. The first kappa shape index (κ1) is 21.8. The van der Waals surface area contributed by atoms with Crippen LogP contribution >= 0.6 is 11.3 Å². The summed E-state index contributed by atoms with van der Waals surface area (Å²) in [5, 5.41) is 5.98. The summed E-state index contributed by atoms with van der Waals surface area (Å²) >= 11 is 1.62. The third-order valence-electron chi connectivity index (χ3n) is 4.56. The van der Waals surface area contributed by atoms with E-state index in [1.807, 2.05) is 19.2 Å². The predicted octanol–water partition coefficient (Wildman–Crippen LogP) is 2.33. The van der Waals surface area contributed by atoms with Crippen molar-refractivity contribution in [2.45, 2.75) is 46.2 Å². The lowest BCUT2D eigenvalue weighted by Crippen LogP contribution is -2.54. The first-order valence-electron chi connectivity index (χ1n) is 9.57. The van der Waals surface area contributed by atoms with Crippen molar-refractivity contribution in [1.82, 2.24) is 20.1 Å². The molecule has 1 aromatic heterocycles. The second-order valence-electron chi connectivity index (χ2n) is 7.66. The molecular weight excluding hydrogens is 364 g/mol. The van der Waals surface area contributed by atoms with Crippen molar-refractivity contribution in [3.63, 3.8) is 0 Å². The van der Waals surface area contributed by atoms with Gasteiger partial charge in [-0.2, -0.15) is 0 Å². The van der Waals surface area contributed by atoms with Crippen molar-refractivity contribution in [2.24, 2.45) is 5.92 Å². The molecule has 27 heavy (non-hydrogen) atoms. The molecule has 1 aliphatic rings. The van der Waals surface area contributed by atoms with Gasteiger partial charge in [-0.3, -0.25) is 9.69 Å². The minimum Gasteiger partial charge on any atom is -0.379 e. The zero-order valence-electron chi connectivity index (χ0n) is 17.0. The number of morpholine rings is 1. The van der Waals surface area contributed by atoms with Crippen molar-refractivity contribution in [3.05, 3.63) is 16.1 Å². The molecule has 0 aromatic carbocycles. The van der Waals surface area contributed by atoms with Crippen molar-refractivity contribution >= 4 is 23.2 Å². The largest absolute Gasteiger partial charge is 0.379 e. The number of urea groups is 1. The Hall–Kier alpha value is -1.51. The fourth-order valence-electron chi connectivity index (χ4n) is 2.89. The van der Waals surface area contributed by atoms with Crippen molar-refractivity contribution in [1.29, 1.82) is 0 Å². The second kappa shape index (κ2) is 10.1. The molecule has 1 unspecified atom stereocenters. The summed E-state index contributed by atoms with van der Waals surface area (Å²) in [6, 6.07) is -0.763. The number of hydrogen-bond donors (Lipinski definition) is 1. The Labute approximate surface area is 166 Å². The molecule has 0 radical (unpaired) electrons. The second-order valence-corrected chi connectivity index (χ2v) is 8.55. The highest BCUT2D eigenvalue weighted by Gasteiger charge is 2.27. The molecule has 2 amide bonds. The SMILES string of the molecule is CC(C)C(=O)C(CN1CCOCC1)NC(=O)N(C)Cc1csc(C(C)C)n1. The average molecular weight is 397 g/mol. The van der Waals surface area contributed by atoms with E-state index < -0.39 is 6.04 Å². The number of carbonyl (C=O) groups is 2. The molecule has 8 heteroatoms. The Morgan fingerprint density at radius 1 is 1.30 bits per heavy atom. The molecule has 1 saturated heterocycles. The number of amides is 2. The van der Waals surface area contributed by atoms with E-state index in [9.17, 15) is 9.59 Å². The summed E-state index contributed by atoms with van der Waals surface area (Å²) < 4.78 is 5.37. The highest BCUT2D eigenvalue weighted by molar-refractivity contribution is 7.09. The molecule has 152 valence electrons. The maximum atomic E-state index is 12.7. The van der Waals surface area contributed by atoms with Gasteiger partial charge in [0.1, 0.15) is 6.04 Å². The summed E-state index contributed by atoms with van der Waals surface area (Å²) in [6.45, 7) is 11.8. The molecule has 1 aliphatic heterocycles. The highest BCUT2D eigenvalue weighted by atomic mass is 32.1. The first-order valence-corrected chi connectivity index (χ1v) is 10.5. The minimum atomic E-state index is -0.514. The van der Waals surface area contributed by atoms with Crippen LogP contribution in [0.5, 0.6) is 0 Å². The Bertz CT molecular complexity index is 626. The van der Waals surface area contributed by atoms with Gasteiger partial charge in [0.2, 0.25) is 0 Å². The number of rotatable bonds is 8. The lowest BCUT2D eigenvalue weighted by atomic mass is 10.0. The van der Waals surface area contributed by atoms with E-state index in [2.05, 4.69) is 29.0 Å². The normalized spacial score (nSPS) is 16.6. The van der Waals surface area contributed by atoms with Gasteiger partial charge in [0.25, 0.3) is 0 Å². The van der Waals surface area contributed by atoms with Crippen molar-refractivity contribution < 1.29 is 14.3 Å². The van der Waals surface area contributed by atoms with E-state index in [4.69, 9.17) is 4.74 Å². The molecule has 1 aromatic rings. The van der Waals surface area contributed by atoms with Gasteiger partial charge in [0, 0.05) is 43.9 Å².